The van der Waals surface area contributed by atoms with Crippen LogP contribution in [0, 0.1) is 0 Å². The molecule has 0 saturated heterocycles. The average Bonchev–Trinajstić information content (AvgIpc) is 2.82. The zero-order valence-corrected chi connectivity index (χ0v) is 11.8. The number of hydrogen-bond acceptors (Lipinski definition) is 3. The molecule has 5 nitrogen and oxygen atoms in total. The van der Waals surface area contributed by atoms with Gasteiger partial charge < -0.3 is 5.11 Å². The second kappa shape index (κ2) is 5.54. The first kappa shape index (κ1) is 13.6. The number of fused-ring (bicyclic) bond motifs is 1. The van der Waals surface area contributed by atoms with E-state index in [4.69, 9.17) is 16.7 Å². The largest absolute Gasteiger partial charge is 0.481 e. The van der Waals surface area contributed by atoms with E-state index in [1.807, 2.05) is 24.3 Å². The van der Waals surface area contributed by atoms with Crippen LogP contribution in [0.1, 0.15) is 11.1 Å². The molecule has 0 radical (unpaired) electrons. The number of hydrogen-bond donors (Lipinski definition) is 1. The van der Waals surface area contributed by atoms with Crippen LogP contribution in [0.4, 0.5) is 0 Å². The van der Waals surface area contributed by atoms with Crippen molar-refractivity contribution in [3.8, 4) is 0 Å². The first-order chi connectivity index (χ1) is 10.1. The van der Waals surface area contributed by atoms with Crippen LogP contribution >= 0.6 is 11.6 Å². The van der Waals surface area contributed by atoms with Gasteiger partial charge in [-0.05, 0) is 29.3 Å². The first-order valence-corrected chi connectivity index (χ1v) is 6.78. The smallest absolute Gasteiger partial charge is 0.307 e. The Kier molecular flexibility index (Phi) is 3.58. The summed E-state index contributed by atoms with van der Waals surface area (Å²) in [6.45, 7) is 0.475. The molecule has 3 aromatic rings. The van der Waals surface area contributed by atoms with Crippen LogP contribution in [0.2, 0.25) is 5.02 Å². The Morgan fingerprint density at radius 2 is 1.90 bits per heavy atom. The summed E-state index contributed by atoms with van der Waals surface area (Å²) in [6, 6.07) is 12.8. The molecule has 106 valence electrons. The van der Waals surface area contributed by atoms with Crippen molar-refractivity contribution in [3.05, 3.63) is 58.6 Å². The molecule has 2 aromatic carbocycles. The number of carbonyl (C=O) groups is 1. The highest BCUT2D eigenvalue weighted by molar-refractivity contribution is 6.31. The lowest BCUT2D eigenvalue weighted by Gasteiger charge is -2.02. The predicted octanol–water partition coefficient (Wildman–Crippen LogP) is 2.76. The normalized spacial score (nSPS) is 10.9. The molecular formula is C15H12ClN3O2. The van der Waals surface area contributed by atoms with Crippen LogP contribution in [0.25, 0.3) is 11.0 Å². The predicted molar refractivity (Wildman–Crippen MR) is 79.4 cm³/mol. The van der Waals surface area contributed by atoms with Gasteiger partial charge in [0.2, 0.25) is 0 Å². The fourth-order valence-corrected chi connectivity index (χ4v) is 2.33. The molecule has 0 spiro atoms. The highest BCUT2D eigenvalue weighted by Gasteiger charge is 2.08. The van der Waals surface area contributed by atoms with E-state index in [2.05, 4.69) is 10.2 Å². The summed E-state index contributed by atoms with van der Waals surface area (Å²) in [5, 5.41) is 18.2. The Labute approximate surface area is 125 Å². The molecule has 0 amide bonds. The van der Waals surface area contributed by atoms with Gasteiger partial charge in [0.25, 0.3) is 0 Å². The lowest BCUT2D eigenvalue weighted by molar-refractivity contribution is -0.136. The lowest BCUT2D eigenvalue weighted by Crippen LogP contribution is -2.03. The van der Waals surface area contributed by atoms with Crippen molar-refractivity contribution < 1.29 is 9.90 Å². The third kappa shape index (κ3) is 3.03. The Morgan fingerprint density at radius 3 is 2.67 bits per heavy atom. The molecule has 1 heterocycles. The minimum atomic E-state index is -0.863. The van der Waals surface area contributed by atoms with Crippen LogP contribution in [-0.2, 0) is 17.8 Å². The lowest BCUT2D eigenvalue weighted by atomic mass is 10.1. The van der Waals surface area contributed by atoms with E-state index < -0.39 is 5.97 Å². The highest BCUT2D eigenvalue weighted by Crippen LogP contribution is 2.17. The van der Waals surface area contributed by atoms with Gasteiger partial charge in [-0.1, -0.05) is 35.9 Å². The van der Waals surface area contributed by atoms with Gasteiger partial charge in [0.05, 0.1) is 13.0 Å². The molecule has 0 fully saturated rings. The quantitative estimate of drug-likeness (QED) is 0.804. The number of benzene rings is 2. The molecule has 0 aliphatic rings. The summed E-state index contributed by atoms with van der Waals surface area (Å²) in [6.07, 6.45) is -0.0205. The van der Waals surface area contributed by atoms with Gasteiger partial charge in [-0.3, -0.25) is 4.79 Å². The number of carboxylic acid groups (broad SMARTS) is 1. The minimum absolute atomic E-state index is 0.0205. The monoisotopic (exact) mass is 301 g/mol. The molecular weight excluding hydrogens is 290 g/mol. The zero-order chi connectivity index (χ0) is 14.8. The summed E-state index contributed by atoms with van der Waals surface area (Å²) in [5.41, 5.74) is 3.06. The van der Waals surface area contributed by atoms with Gasteiger partial charge in [-0.25, -0.2) is 0 Å². The Balaban J connectivity index is 1.90. The van der Waals surface area contributed by atoms with E-state index in [9.17, 15) is 4.79 Å². The molecule has 0 atom stereocenters. The number of rotatable bonds is 4. The molecule has 0 aliphatic carbocycles. The second-order valence-corrected chi connectivity index (χ2v) is 5.12. The van der Waals surface area contributed by atoms with Crippen LogP contribution in [0.5, 0.6) is 0 Å². The summed E-state index contributed by atoms with van der Waals surface area (Å²) in [5.74, 6) is -0.863. The average molecular weight is 302 g/mol. The summed E-state index contributed by atoms with van der Waals surface area (Å²) >= 11 is 6.12. The van der Waals surface area contributed by atoms with E-state index in [1.165, 1.54) is 0 Å². The van der Waals surface area contributed by atoms with Crippen LogP contribution in [0.15, 0.2) is 42.5 Å². The Bertz CT molecular complexity index is 814. The minimum Gasteiger partial charge on any atom is -0.481 e. The van der Waals surface area contributed by atoms with Gasteiger partial charge in [0, 0.05) is 5.02 Å². The van der Waals surface area contributed by atoms with Crippen molar-refractivity contribution in [1.82, 2.24) is 15.0 Å². The van der Waals surface area contributed by atoms with Crippen molar-refractivity contribution in [2.75, 3.05) is 0 Å². The van der Waals surface area contributed by atoms with Gasteiger partial charge >= 0.3 is 5.97 Å². The maximum Gasteiger partial charge on any atom is 0.307 e. The maximum atomic E-state index is 10.7. The van der Waals surface area contributed by atoms with Crippen LogP contribution in [0.3, 0.4) is 0 Å². The molecule has 21 heavy (non-hydrogen) atoms. The Morgan fingerprint density at radius 1 is 1.14 bits per heavy atom. The zero-order valence-electron chi connectivity index (χ0n) is 11.0. The topological polar surface area (TPSA) is 68.0 Å². The number of aliphatic carboxylic acids is 1. The van der Waals surface area contributed by atoms with Gasteiger partial charge in [0.1, 0.15) is 11.0 Å². The molecule has 3 rings (SSSR count). The summed E-state index contributed by atoms with van der Waals surface area (Å²) < 4.78 is 0. The van der Waals surface area contributed by atoms with Gasteiger partial charge in [-0.15, -0.1) is 0 Å². The second-order valence-electron chi connectivity index (χ2n) is 4.72. The molecule has 0 saturated carbocycles. The third-order valence-electron chi connectivity index (χ3n) is 3.11. The van der Waals surface area contributed by atoms with Crippen molar-refractivity contribution in [2.45, 2.75) is 13.0 Å². The number of aromatic nitrogens is 3. The molecule has 0 bridgehead atoms. The van der Waals surface area contributed by atoms with Crippen LogP contribution in [-0.4, -0.2) is 26.1 Å². The summed E-state index contributed by atoms with van der Waals surface area (Å²) in [7, 11) is 0. The number of halogens is 1. The fourth-order valence-electron chi connectivity index (χ4n) is 2.14. The van der Waals surface area contributed by atoms with Crippen molar-refractivity contribution in [3.63, 3.8) is 0 Å². The Hall–Kier alpha value is -2.40. The fraction of sp³-hybridized carbons (Fsp3) is 0.133. The van der Waals surface area contributed by atoms with Crippen molar-refractivity contribution >= 4 is 28.6 Å². The van der Waals surface area contributed by atoms with E-state index >= 15 is 0 Å². The van der Waals surface area contributed by atoms with E-state index in [0.717, 1.165) is 11.1 Å². The molecule has 6 heteroatoms. The van der Waals surface area contributed by atoms with Crippen LogP contribution < -0.4 is 0 Å². The molecule has 0 aliphatic heterocycles. The van der Waals surface area contributed by atoms with E-state index in [1.54, 1.807) is 23.0 Å². The standard InChI is InChI=1S/C15H12ClN3O2/c16-12-4-2-1-3-11(12)9-19-17-13-6-5-10(8-15(20)21)7-14(13)18-19/h1-7H,8-9H2,(H,20,21). The highest BCUT2D eigenvalue weighted by atomic mass is 35.5. The maximum absolute atomic E-state index is 10.7. The first-order valence-electron chi connectivity index (χ1n) is 6.41. The third-order valence-corrected chi connectivity index (χ3v) is 3.48. The molecule has 0 unspecified atom stereocenters. The van der Waals surface area contributed by atoms with Gasteiger partial charge in [0.15, 0.2) is 0 Å². The van der Waals surface area contributed by atoms with E-state index in [0.29, 0.717) is 22.6 Å². The van der Waals surface area contributed by atoms with Crippen molar-refractivity contribution in [1.29, 1.82) is 0 Å². The number of nitrogens with zero attached hydrogens (tertiary/aromatic N) is 3. The van der Waals surface area contributed by atoms with Crippen molar-refractivity contribution in [2.24, 2.45) is 0 Å². The SMILES string of the molecule is O=C(O)Cc1ccc2nn(Cc3ccccc3Cl)nc2c1. The van der Waals surface area contributed by atoms with E-state index in [-0.39, 0.29) is 6.42 Å². The summed E-state index contributed by atoms with van der Waals surface area (Å²) in [4.78, 5) is 12.3. The van der Waals surface area contributed by atoms with Gasteiger partial charge in [-0.2, -0.15) is 15.0 Å². The molecule has 1 aromatic heterocycles. The number of carboxylic acids is 1. The molecule has 1 N–H and O–H groups in total.